The zero-order valence-electron chi connectivity index (χ0n) is 16.6. The minimum absolute atomic E-state index is 0.0228. The lowest BCUT2D eigenvalue weighted by Gasteiger charge is -2.11. The highest BCUT2D eigenvalue weighted by Crippen LogP contribution is 2.35. The molecule has 152 valence electrons. The molecule has 2 aromatic carbocycles. The van der Waals surface area contributed by atoms with Gasteiger partial charge in [0.1, 0.15) is 40.2 Å². The first kappa shape index (κ1) is 20.5. The average molecular weight is 415 g/mol. The number of thiazole rings is 1. The Morgan fingerprint density at radius 2 is 1.62 bits per heavy atom. The van der Waals surface area contributed by atoms with Crippen molar-refractivity contribution in [1.29, 1.82) is 0 Å². The largest absolute Gasteiger partial charge is 0.497 e. The Morgan fingerprint density at radius 3 is 2.24 bits per heavy atom. The van der Waals surface area contributed by atoms with Crippen LogP contribution in [0.25, 0.3) is 10.6 Å². The summed E-state index contributed by atoms with van der Waals surface area (Å²) >= 11 is 1.44. The summed E-state index contributed by atoms with van der Waals surface area (Å²) in [6.45, 7) is 0.0228. The molecule has 7 nitrogen and oxygen atoms in total. The molecule has 0 aliphatic carbocycles. The molecule has 1 aromatic heterocycles. The molecule has 0 atom stereocenters. The lowest BCUT2D eigenvalue weighted by atomic mass is 10.2. The van der Waals surface area contributed by atoms with Crippen molar-refractivity contribution >= 4 is 17.3 Å². The number of nitrogens with zero attached hydrogens (tertiary/aromatic N) is 1. The van der Waals surface area contributed by atoms with Crippen LogP contribution in [0.2, 0.25) is 0 Å². The highest BCUT2D eigenvalue weighted by molar-refractivity contribution is 7.13. The van der Waals surface area contributed by atoms with E-state index in [-0.39, 0.29) is 12.2 Å². The molecule has 3 aromatic rings. The molecule has 1 heterocycles. The van der Waals surface area contributed by atoms with Gasteiger partial charge in [0.05, 0.1) is 39.7 Å². The molecule has 0 unspecified atom stereocenters. The van der Waals surface area contributed by atoms with Crippen LogP contribution in [0, 0.1) is 0 Å². The lowest BCUT2D eigenvalue weighted by molar-refractivity contribution is 0.0461. The van der Waals surface area contributed by atoms with Gasteiger partial charge < -0.3 is 23.7 Å². The normalized spacial score (nSPS) is 10.3. The molecule has 0 saturated heterocycles. The summed E-state index contributed by atoms with van der Waals surface area (Å²) in [6.07, 6.45) is 0. The lowest BCUT2D eigenvalue weighted by Crippen LogP contribution is -2.09. The van der Waals surface area contributed by atoms with E-state index >= 15 is 0 Å². The second-order valence-electron chi connectivity index (χ2n) is 5.82. The SMILES string of the molecule is COc1ccc(-c2nc(COC(=O)c3c(OC)cccc3OC)cs2)c(OC)c1. The van der Waals surface area contributed by atoms with Gasteiger partial charge in [0, 0.05) is 11.4 Å². The van der Waals surface area contributed by atoms with E-state index in [1.807, 2.05) is 17.5 Å². The Kier molecular flexibility index (Phi) is 6.56. The fourth-order valence-electron chi connectivity index (χ4n) is 2.74. The zero-order chi connectivity index (χ0) is 20.8. The molecule has 8 heteroatoms. The second-order valence-corrected chi connectivity index (χ2v) is 6.68. The summed E-state index contributed by atoms with van der Waals surface area (Å²) in [5.74, 6) is 1.58. The molecule has 0 saturated carbocycles. The van der Waals surface area contributed by atoms with Crippen LogP contribution in [0.4, 0.5) is 0 Å². The monoisotopic (exact) mass is 415 g/mol. The Hall–Kier alpha value is -3.26. The van der Waals surface area contributed by atoms with Gasteiger partial charge in [-0.05, 0) is 24.3 Å². The Bertz CT molecular complexity index is 978. The number of carbonyl (C=O) groups is 1. The zero-order valence-corrected chi connectivity index (χ0v) is 17.4. The molecule has 0 spiro atoms. The van der Waals surface area contributed by atoms with E-state index in [4.69, 9.17) is 23.7 Å². The molecule has 0 radical (unpaired) electrons. The summed E-state index contributed by atoms with van der Waals surface area (Å²) in [4.78, 5) is 17.1. The van der Waals surface area contributed by atoms with Crippen LogP contribution in [0.5, 0.6) is 23.0 Å². The summed E-state index contributed by atoms with van der Waals surface area (Å²) < 4.78 is 26.6. The maximum atomic E-state index is 12.6. The van der Waals surface area contributed by atoms with Crippen LogP contribution in [-0.2, 0) is 11.3 Å². The van der Waals surface area contributed by atoms with Crippen molar-refractivity contribution in [3.05, 3.63) is 53.0 Å². The molecule has 0 N–H and O–H groups in total. The van der Waals surface area contributed by atoms with Crippen LogP contribution < -0.4 is 18.9 Å². The minimum Gasteiger partial charge on any atom is -0.497 e. The van der Waals surface area contributed by atoms with Crippen molar-refractivity contribution in [2.45, 2.75) is 6.61 Å². The maximum Gasteiger partial charge on any atom is 0.346 e. The van der Waals surface area contributed by atoms with Crippen molar-refractivity contribution in [1.82, 2.24) is 4.98 Å². The van der Waals surface area contributed by atoms with Gasteiger partial charge in [0.25, 0.3) is 0 Å². The van der Waals surface area contributed by atoms with Crippen molar-refractivity contribution in [3.63, 3.8) is 0 Å². The maximum absolute atomic E-state index is 12.6. The van der Waals surface area contributed by atoms with E-state index in [9.17, 15) is 4.79 Å². The topological polar surface area (TPSA) is 76.1 Å². The predicted molar refractivity (Wildman–Crippen MR) is 109 cm³/mol. The van der Waals surface area contributed by atoms with Gasteiger partial charge in [-0.2, -0.15) is 0 Å². The fraction of sp³-hybridized carbons (Fsp3) is 0.238. The Balaban J connectivity index is 1.76. The van der Waals surface area contributed by atoms with Crippen molar-refractivity contribution in [3.8, 4) is 33.6 Å². The summed E-state index contributed by atoms with van der Waals surface area (Å²) in [5, 5.41) is 2.59. The van der Waals surface area contributed by atoms with E-state index in [2.05, 4.69) is 4.98 Å². The van der Waals surface area contributed by atoms with Gasteiger partial charge in [-0.25, -0.2) is 9.78 Å². The smallest absolute Gasteiger partial charge is 0.346 e. The Labute approximate surface area is 172 Å². The summed E-state index contributed by atoms with van der Waals surface area (Å²) in [7, 11) is 6.16. The number of aromatic nitrogens is 1. The Morgan fingerprint density at radius 1 is 0.931 bits per heavy atom. The van der Waals surface area contributed by atoms with Crippen molar-refractivity contribution in [2.75, 3.05) is 28.4 Å². The van der Waals surface area contributed by atoms with Gasteiger partial charge in [-0.15, -0.1) is 11.3 Å². The van der Waals surface area contributed by atoms with E-state index in [0.29, 0.717) is 28.7 Å². The van der Waals surface area contributed by atoms with Gasteiger partial charge in [-0.1, -0.05) is 6.07 Å². The molecular weight excluding hydrogens is 394 g/mol. The van der Waals surface area contributed by atoms with E-state index in [0.717, 1.165) is 10.6 Å². The molecule has 0 aliphatic heterocycles. The molecule has 29 heavy (non-hydrogen) atoms. The third-order valence-corrected chi connectivity index (χ3v) is 5.10. The molecule has 3 rings (SSSR count). The van der Waals surface area contributed by atoms with Gasteiger partial charge in [-0.3, -0.25) is 0 Å². The number of rotatable bonds is 8. The number of methoxy groups -OCH3 is 4. The second kappa shape index (κ2) is 9.29. The molecule has 0 amide bonds. The van der Waals surface area contributed by atoms with Crippen LogP contribution in [0.15, 0.2) is 41.8 Å². The first-order valence-electron chi connectivity index (χ1n) is 8.66. The minimum atomic E-state index is -0.545. The van der Waals surface area contributed by atoms with Crippen LogP contribution in [0.3, 0.4) is 0 Å². The van der Waals surface area contributed by atoms with Crippen LogP contribution in [-0.4, -0.2) is 39.4 Å². The fourth-order valence-corrected chi connectivity index (χ4v) is 3.57. The number of carbonyl (C=O) groups excluding carboxylic acids is 1. The third-order valence-electron chi connectivity index (χ3n) is 4.17. The first-order chi connectivity index (χ1) is 14.1. The number of ether oxygens (including phenoxy) is 5. The van der Waals surface area contributed by atoms with Gasteiger partial charge >= 0.3 is 5.97 Å². The van der Waals surface area contributed by atoms with Crippen LogP contribution in [0.1, 0.15) is 16.1 Å². The van der Waals surface area contributed by atoms with E-state index in [1.54, 1.807) is 38.5 Å². The summed E-state index contributed by atoms with van der Waals surface area (Å²) in [5.41, 5.74) is 1.71. The van der Waals surface area contributed by atoms with Crippen LogP contribution >= 0.6 is 11.3 Å². The van der Waals surface area contributed by atoms with Gasteiger partial charge in [0.15, 0.2) is 0 Å². The predicted octanol–water partition coefficient (Wildman–Crippen LogP) is 4.20. The molecule has 0 aliphatic rings. The standard InChI is InChI=1S/C21H21NO6S/c1-24-14-8-9-15(18(10-14)27-4)20-22-13(12-29-20)11-28-21(23)19-16(25-2)6-5-7-17(19)26-3/h5-10,12H,11H2,1-4H3. The number of esters is 1. The number of hydrogen-bond donors (Lipinski definition) is 0. The highest BCUT2D eigenvalue weighted by Gasteiger charge is 2.20. The summed E-state index contributed by atoms with van der Waals surface area (Å²) in [6, 6.07) is 10.6. The average Bonchev–Trinajstić information content (AvgIpc) is 3.25. The van der Waals surface area contributed by atoms with E-state index in [1.165, 1.54) is 25.6 Å². The first-order valence-corrected chi connectivity index (χ1v) is 9.54. The molecule has 0 fully saturated rings. The van der Waals surface area contributed by atoms with E-state index < -0.39 is 5.97 Å². The third kappa shape index (κ3) is 4.43. The van der Waals surface area contributed by atoms with Crippen molar-refractivity contribution < 1.29 is 28.5 Å². The number of hydrogen-bond acceptors (Lipinski definition) is 8. The number of benzene rings is 2. The molecular formula is C21H21NO6S. The highest BCUT2D eigenvalue weighted by atomic mass is 32.1. The molecule has 0 bridgehead atoms. The van der Waals surface area contributed by atoms with Gasteiger partial charge in [0.2, 0.25) is 0 Å². The van der Waals surface area contributed by atoms with Crippen molar-refractivity contribution in [2.24, 2.45) is 0 Å². The quantitative estimate of drug-likeness (QED) is 0.510.